The van der Waals surface area contributed by atoms with Crippen LogP contribution in [0.5, 0.6) is 0 Å². The van der Waals surface area contributed by atoms with Gasteiger partial charge in [-0.25, -0.2) is 12.8 Å². The fourth-order valence-electron chi connectivity index (χ4n) is 3.08. The summed E-state index contributed by atoms with van der Waals surface area (Å²) in [4.78, 5) is 16.7. The summed E-state index contributed by atoms with van der Waals surface area (Å²) >= 11 is 0. The van der Waals surface area contributed by atoms with Crippen LogP contribution in [0.25, 0.3) is 11.4 Å². The number of aromatic amines is 1. The van der Waals surface area contributed by atoms with E-state index in [-0.39, 0.29) is 22.2 Å². The van der Waals surface area contributed by atoms with Crippen LogP contribution in [0.4, 0.5) is 10.3 Å². The van der Waals surface area contributed by atoms with Crippen molar-refractivity contribution in [2.24, 2.45) is 0 Å². The predicted molar refractivity (Wildman–Crippen MR) is 104 cm³/mol. The van der Waals surface area contributed by atoms with Crippen LogP contribution in [-0.4, -0.2) is 46.9 Å². The van der Waals surface area contributed by atoms with Gasteiger partial charge < -0.3 is 0 Å². The summed E-state index contributed by atoms with van der Waals surface area (Å²) < 4.78 is 39.6. The highest BCUT2D eigenvalue weighted by Crippen LogP contribution is 2.21. The number of carbonyl (C=O) groups excluding carboxylic acids is 1. The van der Waals surface area contributed by atoms with Crippen molar-refractivity contribution in [3.8, 4) is 11.4 Å². The standard InChI is InChI=1S/C19H18FN5O3S/c20-15-7-3-13(4-8-15)17-21-19(24-23-17)22-18(26)14-5-9-16(10-6-14)29(27,28)25-11-1-2-12-25/h3-10H,1-2,11-12H2,(H2,21,22,23,24,26). The quantitative estimate of drug-likeness (QED) is 0.666. The number of amides is 1. The summed E-state index contributed by atoms with van der Waals surface area (Å²) in [5.41, 5.74) is 0.898. The first-order chi connectivity index (χ1) is 13.9. The fourth-order valence-corrected chi connectivity index (χ4v) is 4.60. The molecule has 0 saturated carbocycles. The third-order valence-corrected chi connectivity index (χ3v) is 6.56. The number of sulfonamides is 1. The summed E-state index contributed by atoms with van der Waals surface area (Å²) in [6, 6.07) is 11.4. The van der Waals surface area contributed by atoms with Crippen LogP contribution in [0.2, 0.25) is 0 Å². The molecule has 1 aliphatic heterocycles. The number of halogens is 1. The van der Waals surface area contributed by atoms with Gasteiger partial charge in [-0.3, -0.25) is 15.2 Å². The van der Waals surface area contributed by atoms with Gasteiger partial charge in [0.25, 0.3) is 5.91 Å². The van der Waals surface area contributed by atoms with Gasteiger partial charge in [0.1, 0.15) is 5.82 Å². The van der Waals surface area contributed by atoms with E-state index in [2.05, 4.69) is 20.5 Å². The minimum atomic E-state index is -3.53. The lowest BCUT2D eigenvalue weighted by molar-refractivity contribution is 0.102. The highest BCUT2D eigenvalue weighted by Gasteiger charge is 2.27. The number of anilines is 1. The van der Waals surface area contributed by atoms with Gasteiger partial charge in [-0.2, -0.15) is 9.29 Å². The first-order valence-corrected chi connectivity index (χ1v) is 10.5. The van der Waals surface area contributed by atoms with Crippen LogP contribution in [0, 0.1) is 5.82 Å². The molecule has 29 heavy (non-hydrogen) atoms. The number of benzene rings is 2. The van der Waals surface area contributed by atoms with E-state index in [0.29, 0.717) is 24.5 Å². The topological polar surface area (TPSA) is 108 Å². The molecular formula is C19H18FN5O3S. The molecule has 1 amide bonds. The molecular weight excluding hydrogens is 397 g/mol. The van der Waals surface area contributed by atoms with Gasteiger partial charge in [-0.1, -0.05) is 0 Å². The van der Waals surface area contributed by atoms with E-state index in [9.17, 15) is 17.6 Å². The average molecular weight is 415 g/mol. The number of hydrogen-bond acceptors (Lipinski definition) is 5. The van der Waals surface area contributed by atoms with E-state index in [1.807, 2.05) is 0 Å². The Hall–Kier alpha value is -3.11. The molecule has 2 aromatic carbocycles. The Morgan fingerprint density at radius 2 is 1.69 bits per heavy atom. The highest BCUT2D eigenvalue weighted by molar-refractivity contribution is 7.89. The van der Waals surface area contributed by atoms with Crippen LogP contribution >= 0.6 is 0 Å². The number of H-pyrrole nitrogens is 1. The number of nitrogens with one attached hydrogen (secondary N) is 2. The van der Waals surface area contributed by atoms with Crippen LogP contribution in [0.3, 0.4) is 0 Å². The van der Waals surface area contributed by atoms with Gasteiger partial charge in [0.15, 0.2) is 5.82 Å². The van der Waals surface area contributed by atoms with E-state index in [0.717, 1.165) is 12.8 Å². The SMILES string of the molecule is O=C(Nc1n[nH]c(-c2ccc(F)cc2)n1)c1ccc(S(=O)(=O)N2CCCC2)cc1. The Balaban J connectivity index is 1.46. The molecule has 0 spiro atoms. The monoisotopic (exact) mass is 415 g/mol. The largest absolute Gasteiger partial charge is 0.289 e. The van der Waals surface area contributed by atoms with Crippen molar-refractivity contribution < 1.29 is 17.6 Å². The van der Waals surface area contributed by atoms with Crippen molar-refractivity contribution in [3.05, 3.63) is 59.9 Å². The van der Waals surface area contributed by atoms with Crippen molar-refractivity contribution in [1.29, 1.82) is 0 Å². The van der Waals surface area contributed by atoms with E-state index in [1.165, 1.54) is 40.7 Å². The summed E-state index contributed by atoms with van der Waals surface area (Å²) in [5.74, 6) is -0.396. The van der Waals surface area contributed by atoms with Gasteiger partial charge in [-0.05, 0) is 61.4 Å². The van der Waals surface area contributed by atoms with Crippen molar-refractivity contribution in [1.82, 2.24) is 19.5 Å². The van der Waals surface area contributed by atoms with E-state index in [4.69, 9.17) is 0 Å². The second-order valence-electron chi connectivity index (χ2n) is 6.60. The molecule has 0 unspecified atom stereocenters. The molecule has 150 valence electrons. The lowest BCUT2D eigenvalue weighted by Crippen LogP contribution is -2.27. The Morgan fingerprint density at radius 3 is 2.34 bits per heavy atom. The number of aromatic nitrogens is 3. The molecule has 4 rings (SSSR count). The molecule has 2 heterocycles. The fraction of sp³-hybridized carbons (Fsp3) is 0.211. The molecule has 10 heteroatoms. The van der Waals surface area contributed by atoms with Gasteiger partial charge in [0, 0.05) is 24.2 Å². The molecule has 1 aromatic heterocycles. The molecule has 0 radical (unpaired) electrons. The molecule has 1 saturated heterocycles. The number of hydrogen-bond donors (Lipinski definition) is 2. The van der Waals surface area contributed by atoms with E-state index >= 15 is 0 Å². The second kappa shape index (κ2) is 7.72. The predicted octanol–water partition coefficient (Wildman–Crippen LogP) is 2.65. The average Bonchev–Trinajstić information content (AvgIpc) is 3.41. The van der Waals surface area contributed by atoms with Crippen molar-refractivity contribution in [2.75, 3.05) is 18.4 Å². The van der Waals surface area contributed by atoms with Gasteiger partial charge in [0.05, 0.1) is 4.90 Å². The smallest absolute Gasteiger partial charge is 0.258 e. The zero-order valence-electron chi connectivity index (χ0n) is 15.3. The molecule has 8 nitrogen and oxygen atoms in total. The molecule has 0 aliphatic carbocycles. The number of rotatable bonds is 5. The molecule has 3 aromatic rings. The third-order valence-electron chi connectivity index (χ3n) is 4.65. The van der Waals surface area contributed by atoms with E-state index < -0.39 is 15.9 Å². The zero-order chi connectivity index (χ0) is 20.4. The highest BCUT2D eigenvalue weighted by atomic mass is 32.2. The minimum Gasteiger partial charge on any atom is -0.289 e. The lowest BCUT2D eigenvalue weighted by Gasteiger charge is -2.15. The maximum Gasteiger partial charge on any atom is 0.258 e. The van der Waals surface area contributed by atoms with Gasteiger partial charge in [-0.15, -0.1) is 5.10 Å². The Labute approximate surface area is 166 Å². The Kier molecular flexibility index (Phi) is 5.12. The maximum absolute atomic E-state index is 13.0. The molecule has 2 N–H and O–H groups in total. The van der Waals surface area contributed by atoms with Gasteiger partial charge >= 0.3 is 0 Å². The summed E-state index contributed by atoms with van der Waals surface area (Å²) in [7, 11) is -3.53. The number of carbonyl (C=O) groups is 1. The van der Waals surface area contributed by atoms with Crippen molar-refractivity contribution in [3.63, 3.8) is 0 Å². The van der Waals surface area contributed by atoms with Crippen LogP contribution in [-0.2, 0) is 10.0 Å². The third kappa shape index (κ3) is 4.03. The minimum absolute atomic E-state index is 0.0584. The lowest BCUT2D eigenvalue weighted by atomic mass is 10.2. The Morgan fingerprint density at radius 1 is 1.03 bits per heavy atom. The van der Waals surface area contributed by atoms with Crippen LogP contribution in [0.15, 0.2) is 53.4 Å². The normalized spacial score (nSPS) is 14.8. The van der Waals surface area contributed by atoms with E-state index in [1.54, 1.807) is 12.1 Å². The molecule has 1 aliphatic rings. The second-order valence-corrected chi connectivity index (χ2v) is 8.54. The van der Waals surface area contributed by atoms with Crippen LogP contribution < -0.4 is 5.32 Å². The van der Waals surface area contributed by atoms with Crippen molar-refractivity contribution >= 4 is 21.9 Å². The summed E-state index contributed by atoms with van der Waals surface area (Å²) in [6.07, 6.45) is 1.71. The number of nitrogens with zero attached hydrogens (tertiary/aromatic N) is 3. The summed E-state index contributed by atoms with van der Waals surface area (Å²) in [6.45, 7) is 1.04. The molecule has 1 fully saturated rings. The molecule has 0 bridgehead atoms. The maximum atomic E-state index is 13.0. The summed E-state index contributed by atoms with van der Waals surface area (Å²) in [5, 5.41) is 9.15. The van der Waals surface area contributed by atoms with Gasteiger partial charge in [0.2, 0.25) is 16.0 Å². The van der Waals surface area contributed by atoms with Crippen molar-refractivity contribution in [2.45, 2.75) is 17.7 Å². The van der Waals surface area contributed by atoms with Crippen LogP contribution in [0.1, 0.15) is 23.2 Å². The first kappa shape index (κ1) is 19.2. The Bertz CT molecular complexity index is 1120. The first-order valence-electron chi connectivity index (χ1n) is 9.03. The molecule has 0 atom stereocenters. The zero-order valence-corrected chi connectivity index (χ0v) is 16.1.